The lowest BCUT2D eigenvalue weighted by Crippen LogP contribution is -2.30. The summed E-state index contributed by atoms with van der Waals surface area (Å²) in [7, 11) is 0. The molecule has 0 spiro atoms. The number of hydrogen-bond acceptors (Lipinski definition) is 6. The molecule has 0 bridgehead atoms. The lowest BCUT2D eigenvalue weighted by Gasteiger charge is -2.12. The molecule has 0 saturated carbocycles. The molecule has 0 atom stereocenters. The Hall–Kier alpha value is -3.42. The van der Waals surface area contributed by atoms with E-state index in [0.29, 0.717) is 0 Å². The first-order chi connectivity index (χ1) is 12.5. The quantitative estimate of drug-likeness (QED) is 0.441. The van der Waals surface area contributed by atoms with Gasteiger partial charge in [0.15, 0.2) is 0 Å². The predicted octanol–water partition coefficient (Wildman–Crippen LogP) is 2.47. The summed E-state index contributed by atoms with van der Waals surface area (Å²) in [5.74, 6) is -1.10. The van der Waals surface area contributed by atoms with E-state index in [1.165, 1.54) is 18.2 Å². The molecule has 8 nitrogen and oxygen atoms in total. The number of non-ortho nitro benzene ring substituents is 1. The number of rotatable bonds is 8. The van der Waals surface area contributed by atoms with Crippen molar-refractivity contribution in [3.05, 3.63) is 69.8 Å². The first kappa shape index (κ1) is 18.9. The van der Waals surface area contributed by atoms with Crippen molar-refractivity contribution >= 4 is 17.6 Å². The van der Waals surface area contributed by atoms with Crippen LogP contribution in [0, 0.1) is 10.1 Å². The number of benzene rings is 2. The van der Waals surface area contributed by atoms with Crippen LogP contribution in [0.1, 0.15) is 22.8 Å². The van der Waals surface area contributed by atoms with E-state index in [-0.39, 0.29) is 36.8 Å². The molecule has 0 saturated heterocycles. The molecule has 0 unspecified atom stereocenters. The SMILES string of the molecule is CCOC(=O)CNC(=O)c1ccc([N+](=O)[O-])cc1OCc1ccccc1. The Kier molecular flexibility index (Phi) is 6.67. The molecule has 0 aliphatic carbocycles. The van der Waals surface area contributed by atoms with Gasteiger partial charge in [0, 0.05) is 6.07 Å². The average Bonchev–Trinajstić information content (AvgIpc) is 2.65. The van der Waals surface area contributed by atoms with E-state index in [0.717, 1.165) is 5.56 Å². The Morgan fingerprint density at radius 2 is 1.88 bits per heavy atom. The second kappa shape index (κ2) is 9.16. The van der Waals surface area contributed by atoms with Crippen LogP contribution < -0.4 is 10.1 Å². The van der Waals surface area contributed by atoms with Crippen LogP contribution in [0.2, 0.25) is 0 Å². The van der Waals surface area contributed by atoms with Gasteiger partial charge in [-0.25, -0.2) is 0 Å². The van der Waals surface area contributed by atoms with Gasteiger partial charge in [0.05, 0.1) is 23.2 Å². The summed E-state index contributed by atoms with van der Waals surface area (Å²) in [6.45, 7) is 1.70. The third-order valence-corrected chi connectivity index (χ3v) is 3.36. The number of ether oxygens (including phenoxy) is 2. The lowest BCUT2D eigenvalue weighted by atomic mass is 10.1. The molecular weight excluding hydrogens is 340 g/mol. The number of nitrogens with zero attached hydrogens (tertiary/aromatic N) is 1. The number of nitro benzene ring substituents is 1. The van der Waals surface area contributed by atoms with Crippen LogP contribution in [-0.2, 0) is 16.1 Å². The largest absolute Gasteiger partial charge is 0.488 e. The first-order valence-corrected chi connectivity index (χ1v) is 7.90. The van der Waals surface area contributed by atoms with Gasteiger partial charge in [-0.05, 0) is 18.6 Å². The summed E-state index contributed by atoms with van der Waals surface area (Å²) in [4.78, 5) is 34.1. The summed E-state index contributed by atoms with van der Waals surface area (Å²) in [6.07, 6.45) is 0. The molecule has 2 rings (SSSR count). The molecule has 2 aromatic carbocycles. The Balaban J connectivity index is 2.17. The van der Waals surface area contributed by atoms with Gasteiger partial charge in [-0.3, -0.25) is 19.7 Å². The number of amides is 1. The van der Waals surface area contributed by atoms with Crippen molar-refractivity contribution in [1.82, 2.24) is 5.32 Å². The predicted molar refractivity (Wildman–Crippen MR) is 92.8 cm³/mol. The molecule has 26 heavy (non-hydrogen) atoms. The zero-order valence-corrected chi connectivity index (χ0v) is 14.1. The molecule has 0 aliphatic heterocycles. The highest BCUT2D eigenvalue weighted by molar-refractivity contribution is 5.98. The molecular formula is C18H18N2O6. The van der Waals surface area contributed by atoms with Crippen molar-refractivity contribution in [3.63, 3.8) is 0 Å². The van der Waals surface area contributed by atoms with Gasteiger partial charge in [-0.1, -0.05) is 30.3 Å². The maximum absolute atomic E-state index is 12.3. The van der Waals surface area contributed by atoms with Crippen molar-refractivity contribution < 1.29 is 24.0 Å². The summed E-state index contributed by atoms with van der Waals surface area (Å²) < 4.78 is 10.3. The summed E-state index contributed by atoms with van der Waals surface area (Å²) in [5, 5.41) is 13.4. The standard InChI is InChI=1S/C18H18N2O6/c1-2-25-17(21)11-19-18(22)15-9-8-14(20(23)24)10-16(15)26-12-13-6-4-3-5-7-13/h3-10H,2,11-12H2,1H3,(H,19,22). The highest BCUT2D eigenvalue weighted by Gasteiger charge is 2.18. The van der Waals surface area contributed by atoms with Crippen molar-refractivity contribution in [2.75, 3.05) is 13.2 Å². The minimum absolute atomic E-state index is 0.0596. The normalized spacial score (nSPS) is 10.0. The number of carbonyl (C=O) groups excluding carboxylic acids is 2. The molecule has 136 valence electrons. The fourth-order valence-electron chi connectivity index (χ4n) is 2.13. The van der Waals surface area contributed by atoms with Crippen LogP contribution >= 0.6 is 0 Å². The Labute approximate surface area is 149 Å². The topological polar surface area (TPSA) is 108 Å². The van der Waals surface area contributed by atoms with Crippen LogP contribution in [0.3, 0.4) is 0 Å². The van der Waals surface area contributed by atoms with Crippen molar-refractivity contribution in [1.29, 1.82) is 0 Å². The Bertz CT molecular complexity index is 792. The van der Waals surface area contributed by atoms with Gasteiger partial charge in [-0.15, -0.1) is 0 Å². The van der Waals surface area contributed by atoms with E-state index < -0.39 is 16.8 Å². The van der Waals surface area contributed by atoms with E-state index in [2.05, 4.69) is 5.32 Å². The van der Waals surface area contributed by atoms with E-state index in [4.69, 9.17) is 9.47 Å². The highest BCUT2D eigenvalue weighted by atomic mass is 16.6. The van der Waals surface area contributed by atoms with E-state index in [1.54, 1.807) is 6.92 Å². The number of carbonyl (C=O) groups is 2. The molecule has 0 heterocycles. The lowest BCUT2D eigenvalue weighted by molar-refractivity contribution is -0.384. The maximum atomic E-state index is 12.3. The van der Waals surface area contributed by atoms with Gasteiger partial charge >= 0.3 is 5.97 Å². The van der Waals surface area contributed by atoms with Crippen molar-refractivity contribution in [2.24, 2.45) is 0 Å². The molecule has 1 N–H and O–H groups in total. The number of esters is 1. The molecule has 0 fully saturated rings. The van der Waals surface area contributed by atoms with Crippen LogP contribution in [0.5, 0.6) is 5.75 Å². The molecule has 0 aliphatic rings. The maximum Gasteiger partial charge on any atom is 0.325 e. The zero-order valence-electron chi connectivity index (χ0n) is 14.1. The van der Waals surface area contributed by atoms with E-state index in [9.17, 15) is 19.7 Å². The monoisotopic (exact) mass is 358 g/mol. The minimum atomic E-state index is -0.587. The molecule has 8 heteroatoms. The highest BCUT2D eigenvalue weighted by Crippen LogP contribution is 2.25. The third-order valence-electron chi connectivity index (χ3n) is 3.36. The molecule has 1 amide bonds. The zero-order chi connectivity index (χ0) is 18.9. The smallest absolute Gasteiger partial charge is 0.325 e. The van der Waals surface area contributed by atoms with Gasteiger partial charge < -0.3 is 14.8 Å². The Morgan fingerprint density at radius 1 is 1.15 bits per heavy atom. The van der Waals surface area contributed by atoms with Crippen molar-refractivity contribution in [2.45, 2.75) is 13.5 Å². The van der Waals surface area contributed by atoms with Crippen LogP contribution in [0.15, 0.2) is 48.5 Å². The van der Waals surface area contributed by atoms with Crippen molar-refractivity contribution in [3.8, 4) is 5.75 Å². The van der Waals surface area contributed by atoms with Gasteiger partial charge in [0.1, 0.15) is 18.9 Å². The summed E-state index contributed by atoms with van der Waals surface area (Å²) in [6, 6.07) is 12.9. The molecule has 2 aromatic rings. The first-order valence-electron chi connectivity index (χ1n) is 7.90. The minimum Gasteiger partial charge on any atom is -0.488 e. The van der Waals surface area contributed by atoms with E-state index >= 15 is 0 Å². The van der Waals surface area contributed by atoms with Crippen LogP contribution in [0.4, 0.5) is 5.69 Å². The summed E-state index contributed by atoms with van der Waals surface area (Å²) >= 11 is 0. The van der Waals surface area contributed by atoms with E-state index in [1.807, 2.05) is 30.3 Å². The van der Waals surface area contributed by atoms with Gasteiger partial charge in [-0.2, -0.15) is 0 Å². The number of nitrogens with one attached hydrogen (secondary N) is 1. The average molecular weight is 358 g/mol. The third kappa shape index (κ3) is 5.30. The second-order valence-corrected chi connectivity index (χ2v) is 5.20. The molecule has 0 radical (unpaired) electrons. The molecule has 0 aromatic heterocycles. The van der Waals surface area contributed by atoms with Crippen LogP contribution in [0.25, 0.3) is 0 Å². The van der Waals surface area contributed by atoms with Gasteiger partial charge in [0.25, 0.3) is 11.6 Å². The number of hydrogen-bond donors (Lipinski definition) is 1. The second-order valence-electron chi connectivity index (χ2n) is 5.20. The van der Waals surface area contributed by atoms with Gasteiger partial charge in [0.2, 0.25) is 0 Å². The number of nitro groups is 1. The summed E-state index contributed by atoms with van der Waals surface area (Å²) in [5.41, 5.74) is 0.739. The Morgan fingerprint density at radius 3 is 2.54 bits per heavy atom. The fraction of sp³-hybridized carbons (Fsp3) is 0.222. The van der Waals surface area contributed by atoms with Crippen LogP contribution in [-0.4, -0.2) is 30.0 Å². The fourth-order valence-corrected chi connectivity index (χ4v) is 2.13.